The third-order valence-electron chi connectivity index (χ3n) is 4.04. The second kappa shape index (κ2) is 4.58. The topological polar surface area (TPSA) is 26.0 Å². The Morgan fingerprint density at radius 2 is 1.44 bits per heavy atom. The third kappa shape index (κ3) is 2.06. The molecule has 1 saturated carbocycles. The van der Waals surface area contributed by atoms with Crippen LogP contribution in [0.5, 0.6) is 0 Å². The number of hydrogen-bond acceptors (Lipinski definition) is 1. The van der Waals surface area contributed by atoms with Gasteiger partial charge in [-0.25, -0.2) is 0 Å². The Morgan fingerprint density at radius 3 is 2.17 bits per heavy atom. The zero-order valence-electron chi connectivity index (χ0n) is 10.6. The molecule has 0 saturated heterocycles. The van der Waals surface area contributed by atoms with Gasteiger partial charge in [0.25, 0.3) is 0 Å². The van der Waals surface area contributed by atoms with Gasteiger partial charge >= 0.3 is 0 Å². The van der Waals surface area contributed by atoms with Crippen molar-refractivity contribution in [2.45, 2.75) is 31.2 Å². The first-order valence-electron chi connectivity index (χ1n) is 6.73. The lowest BCUT2D eigenvalue weighted by atomic mass is 9.87. The molecule has 0 aliphatic heterocycles. The maximum absolute atomic E-state index is 6.53. The van der Waals surface area contributed by atoms with Crippen LogP contribution in [-0.2, 0) is 5.54 Å². The molecule has 1 aliphatic rings. The fourth-order valence-electron chi connectivity index (χ4n) is 2.93. The van der Waals surface area contributed by atoms with Crippen LogP contribution in [0.25, 0.3) is 11.1 Å². The van der Waals surface area contributed by atoms with E-state index >= 15 is 0 Å². The molecule has 0 atom stereocenters. The molecule has 2 N–H and O–H groups in total. The molecule has 1 aliphatic carbocycles. The molecule has 0 amide bonds. The van der Waals surface area contributed by atoms with Gasteiger partial charge < -0.3 is 5.73 Å². The van der Waals surface area contributed by atoms with E-state index < -0.39 is 0 Å². The number of hydrogen-bond donors (Lipinski definition) is 1. The third-order valence-corrected chi connectivity index (χ3v) is 4.04. The Morgan fingerprint density at radius 1 is 0.778 bits per heavy atom. The molecule has 3 rings (SSSR count). The largest absolute Gasteiger partial charge is 0.321 e. The minimum atomic E-state index is -0.0925. The van der Waals surface area contributed by atoms with Crippen molar-refractivity contribution in [3.05, 3.63) is 60.2 Å². The van der Waals surface area contributed by atoms with Gasteiger partial charge in [-0.1, -0.05) is 61.4 Å². The molecule has 0 bridgehead atoms. The van der Waals surface area contributed by atoms with Gasteiger partial charge in [0.1, 0.15) is 0 Å². The molecule has 0 unspecified atom stereocenters. The molecule has 0 spiro atoms. The van der Waals surface area contributed by atoms with Crippen molar-refractivity contribution in [3.63, 3.8) is 0 Å². The lowest BCUT2D eigenvalue weighted by molar-refractivity contribution is 0.462. The van der Waals surface area contributed by atoms with E-state index in [1.54, 1.807) is 0 Å². The second-order valence-corrected chi connectivity index (χ2v) is 5.31. The summed E-state index contributed by atoms with van der Waals surface area (Å²) in [5.41, 5.74) is 10.3. The molecular weight excluding hydrogens is 218 g/mol. The lowest BCUT2D eigenvalue weighted by Crippen LogP contribution is -2.32. The van der Waals surface area contributed by atoms with Gasteiger partial charge in [-0.3, -0.25) is 0 Å². The molecule has 1 nitrogen and oxygen atoms in total. The van der Waals surface area contributed by atoms with E-state index in [0.29, 0.717) is 0 Å². The normalized spacial score (nSPS) is 17.8. The highest BCUT2D eigenvalue weighted by atomic mass is 14.8. The first-order valence-corrected chi connectivity index (χ1v) is 6.73. The molecule has 1 heteroatoms. The van der Waals surface area contributed by atoms with Crippen LogP contribution in [-0.4, -0.2) is 0 Å². The van der Waals surface area contributed by atoms with Crippen molar-refractivity contribution in [1.29, 1.82) is 0 Å². The average molecular weight is 237 g/mol. The lowest BCUT2D eigenvalue weighted by Gasteiger charge is -2.24. The minimum Gasteiger partial charge on any atom is -0.321 e. The Labute approximate surface area is 109 Å². The highest BCUT2D eigenvalue weighted by Crippen LogP contribution is 2.37. The fourth-order valence-corrected chi connectivity index (χ4v) is 2.93. The molecule has 2 aromatic carbocycles. The van der Waals surface area contributed by atoms with Crippen molar-refractivity contribution in [2.24, 2.45) is 5.73 Å². The van der Waals surface area contributed by atoms with E-state index in [9.17, 15) is 0 Å². The van der Waals surface area contributed by atoms with Gasteiger partial charge in [-0.15, -0.1) is 0 Å². The van der Waals surface area contributed by atoms with Gasteiger partial charge in [0.15, 0.2) is 0 Å². The Hall–Kier alpha value is -1.60. The van der Waals surface area contributed by atoms with Crippen LogP contribution in [0.3, 0.4) is 0 Å². The van der Waals surface area contributed by atoms with E-state index in [4.69, 9.17) is 5.73 Å². The summed E-state index contributed by atoms with van der Waals surface area (Å²) in [6.45, 7) is 0. The molecular formula is C17H19N. The van der Waals surface area contributed by atoms with E-state index in [1.807, 2.05) is 0 Å². The molecule has 2 aromatic rings. The van der Waals surface area contributed by atoms with Crippen LogP contribution >= 0.6 is 0 Å². The summed E-state index contributed by atoms with van der Waals surface area (Å²) in [7, 11) is 0. The molecule has 0 aromatic heterocycles. The highest BCUT2D eigenvalue weighted by molar-refractivity contribution is 5.64. The van der Waals surface area contributed by atoms with E-state index in [0.717, 1.165) is 12.8 Å². The van der Waals surface area contributed by atoms with Crippen LogP contribution < -0.4 is 5.73 Å². The number of benzene rings is 2. The van der Waals surface area contributed by atoms with Crippen LogP contribution in [0.2, 0.25) is 0 Å². The Kier molecular flexibility index (Phi) is 2.92. The molecule has 0 radical (unpaired) electrons. The monoisotopic (exact) mass is 237 g/mol. The van der Waals surface area contributed by atoms with E-state index in [1.165, 1.54) is 29.5 Å². The zero-order valence-corrected chi connectivity index (χ0v) is 10.6. The maximum Gasteiger partial charge on any atom is 0.0409 e. The van der Waals surface area contributed by atoms with E-state index in [2.05, 4.69) is 54.6 Å². The first kappa shape index (κ1) is 11.5. The van der Waals surface area contributed by atoms with Crippen LogP contribution in [0.1, 0.15) is 31.2 Å². The predicted octanol–water partition coefficient (Wildman–Crippen LogP) is 4.08. The molecule has 1 fully saturated rings. The fraction of sp³-hybridized carbons (Fsp3) is 0.294. The van der Waals surface area contributed by atoms with Gasteiger partial charge in [-0.05, 0) is 35.6 Å². The zero-order chi connectivity index (χ0) is 12.4. The van der Waals surface area contributed by atoms with Crippen molar-refractivity contribution in [2.75, 3.05) is 0 Å². The SMILES string of the molecule is NC1(c2cccc(-c3ccccc3)c2)CCCC1. The molecule has 92 valence electrons. The molecule has 0 heterocycles. The van der Waals surface area contributed by atoms with Gasteiger partial charge in [0.2, 0.25) is 0 Å². The van der Waals surface area contributed by atoms with Crippen LogP contribution in [0.4, 0.5) is 0 Å². The van der Waals surface area contributed by atoms with Crippen molar-refractivity contribution < 1.29 is 0 Å². The summed E-state index contributed by atoms with van der Waals surface area (Å²) in [4.78, 5) is 0. The van der Waals surface area contributed by atoms with Crippen molar-refractivity contribution >= 4 is 0 Å². The summed E-state index contributed by atoms with van der Waals surface area (Å²) in [5, 5.41) is 0. The Balaban J connectivity index is 1.99. The summed E-state index contributed by atoms with van der Waals surface area (Å²) < 4.78 is 0. The van der Waals surface area contributed by atoms with E-state index in [-0.39, 0.29) is 5.54 Å². The number of rotatable bonds is 2. The summed E-state index contributed by atoms with van der Waals surface area (Å²) in [5.74, 6) is 0. The number of nitrogens with two attached hydrogens (primary N) is 1. The van der Waals surface area contributed by atoms with Gasteiger partial charge in [0.05, 0.1) is 0 Å². The van der Waals surface area contributed by atoms with Crippen LogP contribution in [0.15, 0.2) is 54.6 Å². The standard InChI is InChI=1S/C17H19N/c18-17(11-4-5-12-17)16-10-6-9-15(13-16)14-7-2-1-3-8-14/h1-3,6-10,13H,4-5,11-12,18H2. The van der Waals surface area contributed by atoms with Gasteiger partial charge in [0, 0.05) is 5.54 Å². The average Bonchev–Trinajstić information content (AvgIpc) is 2.88. The second-order valence-electron chi connectivity index (χ2n) is 5.31. The van der Waals surface area contributed by atoms with Crippen molar-refractivity contribution in [3.8, 4) is 11.1 Å². The smallest absolute Gasteiger partial charge is 0.0409 e. The van der Waals surface area contributed by atoms with Crippen LogP contribution in [0, 0.1) is 0 Å². The summed E-state index contributed by atoms with van der Waals surface area (Å²) >= 11 is 0. The summed E-state index contributed by atoms with van der Waals surface area (Å²) in [6.07, 6.45) is 4.74. The minimum absolute atomic E-state index is 0.0925. The Bertz CT molecular complexity index is 524. The summed E-state index contributed by atoms with van der Waals surface area (Å²) in [6, 6.07) is 19.2. The van der Waals surface area contributed by atoms with Crippen molar-refractivity contribution in [1.82, 2.24) is 0 Å². The molecule has 18 heavy (non-hydrogen) atoms. The quantitative estimate of drug-likeness (QED) is 0.836. The highest BCUT2D eigenvalue weighted by Gasteiger charge is 2.31. The van der Waals surface area contributed by atoms with Gasteiger partial charge in [-0.2, -0.15) is 0 Å². The maximum atomic E-state index is 6.53. The first-order chi connectivity index (χ1) is 8.78. The predicted molar refractivity (Wildman–Crippen MR) is 76.2 cm³/mol.